The van der Waals surface area contributed by atoms with Gasteiger partial charge < -0.3 is 4.57 Å². The number of nitriles is 1. The Kier molecular flexibility index (Phi) is 6.57. The van der Waals surface area contributed by atoms with Crippen molar-refractivity contribution >= 4 is 28.5 Å². The first-order valence-electron chi connectivity index (χ1n) is 9.52. The Morgan fingerprint density at radius 3 is 2.83 bits per heavy atom. The number of nitrogens with one attached hydrogen (secondary N) is 1. The van der Waals surface area contributed by atoms with Crippen molar-refractivity contribution in [1.29, 1.82) is 5.26 Å². The summed E-state index contributed by atoms with van der Waals surface area (Å²) in [5, 5.41) is 21.6. The van der Waals surface area contributed by atoms with E-state index in [1.165, 1.54) is 22.5 Å². The minimum Gasteiger partial charge on any atom is -0.317 e. The lowest BCUT2D eigenvalue weighted by Crippen LogP contribution is -2.13. The number of carbonyl (C=O) groups is 1. The maximum absolute atomic E-state index is 12.6. The number of aryl methyl sites for hydroxylation is 3. The van der Waals surface area contributed by atoms with Gasteiger partial charge in [0.05, 0.1) is 0 Å². The molecule has 1 amide bonds. The number of anilines is 1. The highest BCUT2D eigenvalue weighted by Crippen LogP contribution is 2.20. The van der Waals surface area contributed by atoms with Crippen LogP contribution >= 0.6 is 11.3 Å². The van der Waals surface area contributed by atoms with E-state index in [-0.39, 0.29) is 5.57 Å². The Balaban J connectivity index is 1.81. The first-order valence-corrected chi connectivity index (χ1v) is 10.3. The van der Waals surface area contributed by atoms with Gasteiger partial charge in [-0.2, -0.15) is 5.26 Å². The fraction of sp³-hybridized carbons (Fsp3) is 0.273. The lowest BCUT2D eigenvalue weighted by molar-refractivity contribution is -0.112. The monoisotopic (exact) mass is 405 g/mol. The molecule has 3 aromatic rings. The van der Waals surface area contributed by atoms with Gasteiger partial charge in [0.15, 0.2) is 0 Å². The molecule has 0 aliphatic rings. The van der Waals surface area contributed by atoms with Crippen molar-refractivity contribution in [2.24, 2.45) is 0 Å². The first-order chi connectivity index (χ1) is 14.0. The summed E-state index contributed by atoms with van der Waals surface area (Å²) in [6.45, 7) is 6.24. The van der Waals surface area contributed by atoms with Crippen LogP contribution in [-0.4, -0.2) is 20.7 Å². The number of amides is 1. The van der Waals surface area contributed by atoms with E-state index in [0.717, 1.165) is 35.7 Å². The quantitative estimate of drug-likeness (QED) is 0.450. The van der Waals surface area contributed by atoms with Crippen molar-refractivity contribution in [1.82, 2.24) is 14.8 Å². The van der Waals surface area contributed by atoms with Crippen molar-refractivity contribution in [3.05, 3.63) is 63.9 Å². The Hall–Kier alpha value is -3.24. The third kappa shape index (κ3) is 4.98. The predicted octanol–water partition coefficient (Wildman–Crippen LogP) is 4.83. The van der Waals surface area contributed by atoms with Crippen LogP contribution in [0.2, 0.25) is 0 Å². The summed E-state index contributed by atoms with van der Waals surface area (Å²) in [6, 6.07) is 11.9. The summed E-state index contributed by atoms with van der Waals surface area (Å²) in [7, 11) is 0. The molecule has 0 spiro atoms. The van der Waals surface area contributed by atoms with Gasteiger partial charge in [0.25, 0.3) is 5.91 Å². The van der Waals surface area contributed by atoms with Gasteiger partial charge in [-0.3, -0.25) is 10.1 Å². The van der Waals surface area contributed by atoms with Crippen molar-refractivity contribution < 1.29 is 4.79 Å². The Morgan fingerprint density at radius 2 is 2.10 bits per heavy atom. The zero-order chi connectivity index (χ0) is 20.8. The van der Waals surface area contributed by atoms with Gasteiger partial charge >= 0.3 is 0 Å². The topological polar surface area (TPSA) is 83.6 Å². The molecule has 0 aliphatic carbocycles. The molecule has 2 aromatic heterocycles. The number of hydrogen-bond acceptors (Lipinski definition) is 5. The summed E-state index contributed by atoms with van der Waals surface area (Å²) in [5.41, 5.74) is 4.14. The van der Waals surface area contributed by atoms with Gasteiger partial charge in [-0.05, 0) is 61.7 Å². The summed E-state index contributed by atoms with van der Waals surface area (Å²) >= 11 is 1.34. The third-order valence-electron chi connectivity index (χ3n) is 4.64. The maximum Gasteiger partial charge on any atom is 0.268 e. The van der Waals surface area contributed by atoms with E-state index in [4.69, 9.17) is 0 Å². The molecule has 3 rings (SSSR count). The predicted molar refractivity (Wildman–Crippen MR) is 116 cm³/mol. The maximum atomic E-state index is 12.6. The van der Waals surface area contributed by atoms with Crippen LogP contribution in [0.5, 0.6) is 0 Å². The van der Waals surface area contributed by atoms with Crippen molar-refractivity contribution in [2.75, 3.05) is 5.32 Å². The van der Waals surface area contributed by atoms with Crippen LogP contribution in [0, 0.1) is 25.2 Å². The molecule has 7 heteroatoms. The summed E-state index contributed by atoms with van der Waals surface area (Å²) < 4.78 is 1.95. The number of unbranched alkanes of at least 4 members (excludes halogenated alkanes) is 1. The average Bonchev–Trinajstić information content (AvgIpc) is 3.35. The van der Waals surface area contributed by atoms with E-state index in [1.54, 1.807) is 6.08 Å². The van der Waals surface area contributed by atoms with Crippen LogP contribution in [-0.2, 0) is 11.2 Å². The Bertz CT molecular complexity index is 1090. The number of benzene rings is 1. The lowest BCUT2D eigenvalue weighted by atomic mass is 10.1. The Morgan fingerprint density at radius 1 is 1.28 bits per heavy atom. The molecule has 0 radical (unpaired) electrons. The molecule has 0 fully saturated rings. The van der Waals surface area contributed by atoms with E-state index in [0.29, 0.717) is 5.13 Å². The van der Waals surface area contributed by atoms with Crippen molar-refractivity contribution in [3.63, 3.8) is 0 Å². The van der Waals surface area contributed by atoms with Gasteiger partial charge in [-0.15, -0.1) is 10.2 Å². The fourth-order valence-electron chi connectivity index (χ4n) is 2.82. The SMILES string of the molecule is CCCCc1nnc(NC(=O)C(C#N)=Cc2cccn2-c2ccc(C)c(C)c2)s1. The van der Waals surface area contributed by atoms with Crippen LogP contribution in [0.1, 0.15) is 41.6 Å². The molecule has 29 heavy (non-hydrogen) atoms. The molecule has 1 N–H and O–H groups in total. The summed E-state index contributed by atoms with van der Waals surface area (Å²) in [4.78, 5) is 12.6. The van der Waals surface area contributed by atoms with Gasteiger partial charge in [-0.1, -0.05) is 30.7 Å². The van der Waals surface area contributed by atoms with Gasteiger partial charge in [0.1, 0.15) is 16.6 Å². The standard InChI is InChI=1S/C22H23N5OS/c1-4-5-8-20-25-26-22(29-20)24-21(28)17(14-23)13-18-7-6-11-27(18)19-10-9-15(2)16(3)12-19/h6-7,9-13H,4-5,8H2,1-3H3,(H,24,26,28). The van der Waals surface area contributed by atoms with Gasteiger partial charge in [0.2, 0.25) is 5.13 Å². The van der Waals surface area contributed by atoms with Crippen LogP contribution in [0.3, 0.4) is 0 Å². The molecule has 1 aromatic carbocycles. The normalized spacial score (nSPS) is 11.3. The number of aromatic nitrogens is 3. The summed E-state index contributed by atoms with van der Waals surface area (Å²) in [5.74, 6) is -0.487. The van der Waals surface area contributed by atoms with E-state index >= 15 is 0 Å². The van der Waals surface area contributed by atoms with Gasteiger partial charge in [0, 0.05) is 24.0 Å². The molecule has 2 heterocycles. The van der Waals surface area contributed by atoms with E-state index in [9.17, 15) is 10.1 Å². The third-order valence-corrected chi connectivity index (χ3v) is 5.54. The van der Waals surface area contributed by atoms with E-state index in [2.05, 4.69) is 48.4 Å². The van der Waals surface area contributed by atoms with E-state index in [1.807, 2.05) is 35.0 Å². The molecule has 0 saturated carbocycles. The molecular formula is C22H23N5OS. The van der Waals surface area contributed by atoms with Crippen LogP contribution in [0.25, 0.3) is 11.8 Å². The largest absolute Gasteiger partial charge is 0.317 e. The second kappa shape index (κ2) is 9.30. The lowest BCUT2D eigenvalue weighted by Gasteiger charge is -2.09. The molecule has 0 aliphatic heterocycles. The average molecular weight is 406 g/mol. The van der Waals surface area contributed by atoms with Crippen LogP contribution < -0.4 is 5.32 Å². The van der Waals surface area contributed by atoms with E-state index < -0.39 is 5.91 Å². The van der Waals surface area contributed by atoms with Crippen molar-refractivity contribution in [3.8, 4) is 11.8 Å². The molecule has 0 saturated heterocycles. The number of hydrogen-bond donors (Lipinski definition) is 1. The second-order valence-electron chi connectivity index (χ2n) is 6.80. The fourth-order valence-corrected chi connectivity index (χ4v) is 3.59. The zero-order valence-electron chi connectivity index (χ0n) is 16.8. The molecule has 0 unspecified atom stereocenters. The second-order valence-corrected chi connectivity index (χ2v) is 7.86. The summed E-state index contributed by atoms with van der Waals surface area (Å²) in [6.07, 6.45) is 6.44. The molecule has 148 valence electrons. The highest BCUT2D eigenvalue weighted by Gasteiger charge is 2.14. The minimum absolute atomic E-state index is 0.0130. The number of carbonyl (C=O) groups excluding carboxylic acids is 1. The van der Waals surface area contributed by atoms with Gasteiger partial charge in [-0.25, -0.2) is 0 Å². The smallest absolute Gasteiger partial charge is 0.268 e. The van der Waals surface area contributed by atoms with Crippen LogP contribution in [0.15, 0.2) is 42.1 Å². The highest BCUT2D eigenvalue weighted by molar-refractivity contribution is 7.15. The molecule has 6 nitrogen and oxygen atoms in total. The van der Waals surface area contributed by atoms with Crippen LogP contribution in [0.4, 0.5) is 5.13 Å². The van der Waals surface area contributed by atoms with Crippen molar-refractivity contribution in [2.45, 2.75) is 40.0 Å². The number of rotatable bonds is 7. The molecule has 0 bridgehead atoms. The molecule has 0 atom stereocenters. The number of nitrogens with zero attached hydrogens (tertiary/aromatic N) is 4. The molecular weight excluding hydrogens is 382 g/mol. The highest BCUT2D eigenvalue weighted by atomic mass is 32.1. The zero-order valence-corrected chi connectivity index (χ0v) is 17.6. The minimum atomic E-state index is -0.487. The first kappa shape index (κ1) is 20.5. The Labute approximate surface area is 174 Å².